The van der Waals surface area contributed by atoms with Crippen LogP contribution in [0.3, 0.4) is 0 Å². The van der Waals surface area contributed by atoms with Crippen molar-refractivity contribution in [2.75, 3.05) is 0 Å². The van der Waals surface area contributed by atoms with Gasteiger partial charge in [0.25, 0.3) is 0 Å². The second kappa shape index (κ2) is 3.36. The Bertz CT molecular complexity index is 282. The van der Waals surface area contributed by atoms with Gasteiger partial charge < -0.3 is 11.5 Å². The van der Waals surface area contributed by atoms with Crippen molar-refractivity contribution in [1.82, 2.24) is 0 Å². The lowest BCUT2D eigenvalue weighted by Gasteiger charge is -2.32. The Morgan fingerprint density at radius 3 is 2.57 bits per heavy atom. The van der Waals surface area contributed by atoms with E-state index in [9.17, 15) is 13.2 Å². The molecule has 0 amide bonds. The molecule has 0 spiro atoms. The van der Waals surface area contributed by atoms with E-state index in [2.05, 4.69) is 4.99 Å². The Hall–Kier alpha value is -0.880. The van der Waals surface area contributed by atoms with Crippen LogP contribution in [0.1, 0.15) is 13.3 Å². The monoisotopic (exact) mass is 207 g/mol. The van der Waals surface area contributed by atoms with Crippen LogP contribution in [0.25, 0.3) is 0 Å². The highest BCUT2D eigenvalue weighted by Gasteiger charge is 2.40. The van der Waals surface area contributed by atoms with E-state index in [-0.39, 0.29) is 0 Å². The van der Waals surface area contributed by atoms with Gasteiger partial charge in [-0.05, 0) is 12.5 Å². The van der Waals surface area contributed by atoms with E-state index >= 15 is 0 Å². The van der Waals surface area contributed by atoms with Gasteiger partial charge in [-0.15, -0.1) is 0 Å². The third-order valence-electron chi connectivity index (χ3n) is 2.30. The van der Waals surface area contributed by atoms with Crippen molar-refractivity contribution in [2.24, 2.45) is 16.5 Å². The molecule has 1 aliphatic heterocycles. The molecule has 1 rings (SSSR count). The Labute approximate surface area is 79.7 Å². The van der Waals surface area contributed by atoms with Crippen molar-refractivity contribution >= 4 is 6.21 Å². The number of halogens is 3. The predicted molar refractivity (Wildman–Crippen MR) is 47.8 cm³/mol. The maximum absolute atomic E-state index is 12.3. The molecule has 3 nitrogen and oxygen atoms in total. The molecule has 1 heterocycles. The van der Waals surface area contributed by atoms with E-state index in [1.807, 2.05) is 0 Å². The maximum atomic E-state index is 12.3. The summed E-state index contributed by atoms with van der Waals surface area (Å²) in [5, 5.41) is 0. The molecule has 0 radical (unpaired) electrons. The minimum Gasteiger partial charge on any atom is -0.321 e. The number of rotatable bonds is 1. The van der Waals surface area contributed by atoms with Crippen molar-refractivity contribution in [3.05, 3.63) is 11.8 Å². The smallest absolute Gasteiger partial charge is 0.321 e. The Kier molecular flexibility index (Phi) is 2.69. The first kappa shape index (κ1) is 11.2. The molecule has 4 N–H and O–H groups in total. The fraction of sp³-hybridized carbons (Fsp3) is 0.625. The molecule has 0 aromatic rings. The van der Waals surface area contributed by atoms with E-state index in [4.69, 9.17) is 11.5 Å². The second-order valence-corrected chi connectivity index (χ2v) is 3.30. The van der Waals surface area contributed by atoms with Crippen LogP contribution in [-0.2, 0) is 0 Å². The first-order valence-electron chi connectivity index (χ1n) is 4.18. The van der Waals surface area contributed by atoms with Crippen LogP contribution in [-0.4, -0.2) is 24.0 Å². The lowest BCUT2D eigenvalue weighted by atomic mass is 9.87. The molecule has 6 heteroatoms. The van der Waals surface area contributed by atoms with E-state index in [0.29, 0.717) is 6.42 Å². The zero-order chi connectivity index (χ0) is 11.0. The van der Waals surface area contributed by atoms with E-state index in [1.165, 1.54) is 0 Å². The summed E-state index contributed by atoms with van der Waals surface area (Å²) in [5.74, 6) is 0. The number of nitrogens with two attached hydrogens (primary N) is 2. The largest absolute Gasteiger partial charge is 0.433 e. The van der Waals surface area contributed by atoms with Crippen molar-refractivity contribution in [1.29, 1.82) is 0 Å². The van der Waals surface area contributed by atoms with Gasteiger partial charge in [-0.3, -0.25) is 4.99 Å². The number of allylic oxidation sites excluding steroid dienone is 1. The highest BCUT2D eigenvalue weighted by atomic mass is 19.4. The van der Waals surface area contributed by atoms with Crippen LogP contribution in [0.15, 0.2) is 16.8 Å². The summed E-state index contributed by atoms with van der Waals surface area (Å²) >= 11 is 0. The molecule has 0 saturated carbocycles. The lowest BCUT2D eigenvalue weighted by molar-refractivity contribution is -0.0932. The minimum atomic E-state index is -4.46. The molecule has 0 bridgehead atoms. The van der Waals surface area contributed by atoms with Crippen LogP contribution in [0.5, 0.6) is 0 Å². The van der Waals surface area contributed by atoms with Crippen molar-refractivity contribution in [3.8, 4) is 0 Å². The molecule has 80 valence electrons. The van der Waals surface area contributed by atoms with Gasteiger partial charge in [-0.2, -0.15) is 13.2 Å². The topological polar surface area (TPSA) is 64.4 Å². The third-order valence-corrected chi connectivity index (χ3v) is 2.30. The fourth-order valence-corrected chi connectivity index (χ4v) is 1.18. The minimum absolute atomic E-state index is 0.333. The van der Waals surface area contributed by atoms with E-state index in [1.54, 1.807) is 6.92 Å². The van der Waals surface area contributed by atoms with Gasteiger partial charge in [0.15, 0.2) is 0 Å². The van der Waals surface area contributed by atoms with Crippen LogP contribution < -0.4 is 11.5 Å². The van der Waals surface area contributed by atoms with Crippen molar-refractivity contribution in [2.45, 2.75) is 31.1 Å². The average molecular weight is 207 g/mol. The van der Waals surface area contributed by atoms with Gasteiger partial charge in [-0.1, -0.05) is 6.92 Å². The Morgan fingerprint density at radius 1 is 1.57 bits per heavy atom. The highest BCUT2D eigenvalue weighted by Crippen LogP contribution is 2.31. The van der Waals surface area contributed by atoms with Gasteiger partial charge >= 0.3 is 6.18 Å². The molecule has 0 aliphatic carbocycles. The van der Waals surface area contributed by atoms with Gasteiger partial charge in [0.2, 0.25) is 0 Å². The Balaban J connectivity index is 3.03. The van der Waals surface area contributed by atoms with E-state index < -0.39 is 23.5 Å². The summed E-state index contributed by atoms with van der Waals surface area (Å²) in [6, 6.07) is -0.668. The first-order chi connectivity index (χ1) is 6.29. The normalized spacial score (nSPS) is 33.0. The molecule has 14 heavy (non-hydrogen) atoms. The number of nitrogens with zero attached hydrogens (tertiary/aromatic N) is 1. The molecule has 0 aromatic heterocycles. The SMILES string of the molecule is CCC1(N)C=C(C(F)(F)F)N=CC1N. The quantitative estimate of drug-likeness (QED) is 0.672. The van der Waals surface area contributed by atoms with Crippen LogP contribution in [0, 0.1) is 0 Å². The number of alkyl halides is 3. The van der Waals surface area contributed by atoms with Crippen LogP contribution in [0.4, 0.5) is 13.2 Å². The average Bonchev–Trinajstić information content (AvgIpc) is 2.08. The molecule has 2 unspecified atom stereocenters. The number of aliphatic imine (C=N–C) groups is 1. The summed E-state index contributed by atoms with van der Waals surface area (Å²) in [4.78, 5) is 3.23. The highest BCUT2D eigenvalue weighted by molar-refractivity contribution is 5.71. The summed E-state index contributed by atoms with van der Waals surface area (Å²) < 4.78 is 36.8. The van der Waals surface area contributed by atoms with Gasteiger partial charge in [0.05, 0.1) is 11.6 Å². The van der Waals surface area contributed by atoms with Crippen molar-refractivity contribution in [3.63, 3.8) is 0 Å². The molecular formula is C8H12F3N3. The van der Waals surface area contributed by atoms with Crippen LogP contribution in [0.2, 0.25) is 0 Å². The summed E-state index contributed by atoms with van der Waals surface area (Å²) in [6.07, 6.45) is -2.18. The van der Waals surface area contributed by atoms with Crippen LogP contribution >= 0.6 is 0 Å². The predicted octanol–water partition coefficient (Wildman–Crippen LogP) is 0.952. The standard InChI is InChI=1S/C8H12F3N3/c1-2-7(13)3-6(8(9,10)11)14-4-5(7)12/h3-5H,2,12-13H2,1H3. The molecule has 2 atom stereocenters. The molecule has 0 saturated heterocycles. The zero-order valence-electron chi connectivity index (χ0n) is 7.67. The van der Waals surface area contributed by atoms with Crippen molar-refractivity contribution < 1.29 is 13.2 Å². The Morgan fingerprint density at radius 2 is 2.14 bits per heavy atom. The molecule has 0 fully saturated rings. The molecule has 1 aliphatic rings. The van der Waals surface area contributed by atoms with Gasteiger partial charge in [0, 0.05) is 6.21 Å². The molecule has 0 aromatic carbocycles. The second-order valence-electron chi connectivity index (χ2n) is 3.30. The number of hydrogen-bond donors (Lipinski definition) is 2. The lowest BCUT2D eigenvalue weighted by Crippen LogP contribution is -2.56. The van der Waals surface area contributed by atoms with Gasteiger partial charge in [-0.25, -0.2) is 0 Å². The maximum Gasteiger partial charge on any atom is 0.433 e. The van der Waals surface area contributed by atoms with E-state index in [0.717, 1.165) is 12.3 Å². The summed E-state index contributed by atoms with van der Waals surface area (Å²) in [6.45, 7) is 1.68. The molecular weight excluding hydrogens is 195 g/mol. The third kappa shape index (κ3) is 1.96. The summed E-state index contributed by atoms with van der Waals surface area (Å²) in [5.41, 5.74) is 9.12. The number of hydrogen-bond acceptors (Lipinski definition) is 3. The summed E-state index contributed by atoms with van der Waals surface area (Å²) in [7, 11) is 0. The fourth-order valence-electron chi connectivity index (χ4n) is 1.18. The zero-order valence-corrected chi connectivity index (χ0v) is 7.67. The van der Waals surface area contributed by atoms with Gasteiger partial charge in [0.1, 0.15) is 5.70 Å². The first-order valence-corrected chi connectivity index (χ1v) is 4.18.